The minimum absolute atomic E-state index is 0.0295. The van der Waals surface area contributed by atoms with Gasteiger partial charge in [0.1, 0.15) is 5.82 Å². The van der Waals surface area contributed by atoms with Gasteiger partial charge in [-0.1, -0.05) is 18.7 Å². The summed E-state index contributed by atoms with van der Waals surface area (Å²) in [5.74, 6) is -2.93. The highest BCUT2D eigenvalue weighted by atomic mass is 19.1. The standard InChI is InChI=1S/C17H16FNO4/c1-3-13(17(22)23-4-2)14-9-15(20)19(16(14)21)10-11-5-7-12(18)8-6-11/h5-8,14H,1,4,9-10H2,2H3/t14-/m1/s1. The number of halogens is 1. The van der Waals surface area contributed by atoms with Gasteiger partial charge >= 0.3 is 5.97 Å². The molecular weight excluding hydrogens is 301 g/mol. The molecule has 0 bridgehead atoms. The van der Waals surface area contributed by atoms with Crippen LogP contribution in [-0.4, -0.2) is 29.3 Å². The number of imide groups is 1. The van der Waals surface area contributed by atoms with Crippen LogP contribution in [0.1, 0.15) is 18.9 Å². The summed E-state index contributed by atoms with van der Waals surface area (Å²) in [5, 5.41) is 0. The first-order chi connectivity index (χ1) is 11.0. The molecule has 120 valence electrons. The van der Waals surface area contributed by atoms with Gasteiger partial charge in [-0.15, -0.1) is 5.73 Å². The molecule has 1 aromatic rings. The van der Waals surface area contributed by atoms with Crippen LogP contribution in [0.5, 0.6) is 0 Å². The number of hydrogen-bond acceptors (Lipinski definition) is 4. The predicted molar refractivity (Wildman–Crippen MR) is 79.4 cm³/mol. The normalized spacial score (nSPS) is 17.1. The molecule has 1 saturated heterocycles. The van der Waals surface area contributed by atoms with E-state index in [1.807, 2.05) is 0 Å². The fourth-order valence-electron chi connectivity index (χ4n) is 2.39. The minimum atomic E-state index is -0.931. The van der Waals surface area contributed by atoms with Crippen LogP contribution in [0.15, 0.2) is 42.1 Å². The maximum absolute atomic E-state index is 12.9. The number of esters is 1. The summed E-state index contributed by atoms with van der Waals surface area (Å²) in [6.45, 7) is 5.22. The fraction of sp³-hybridized carbons (Fsp3) is 0.294. The number of carbonyl (C=O) groups is 3. The Labute approximate surface area is 133 Å². The number of benzene rings is 1. The Kier molecular flexibility index (Phi) is 5.09. The molecular formula is C17H16FNO4. The van der Waals surface area contributed by atoms with Gasteiger partial charge in [-0.2, -0.15) is 0 Å². The van der Waals surface area contributed by atoms with Crippen LogP contribution in [0.2, 0.25) is 0 Å². The Bertz CT molecular complexity index is 689. The molecule has 1 atom stereocenters. The van der Waals surface area contributed by atoms with E-state index in [2.05, 4.69) is 12.3 Å². The molecule has 0 aromatic heterocycles. The number of nitrogens with zero attached hydrogens (tertiary/aromatic N) is 1. The van der Waals surface area contributed by atoms with Crippen molar-refractivity contribution in [2.24, 2.45) is 5.92 Å². The Balaban J connectivity index is 2.17. The van der Waals surface area contributed by atoms with E-state index in [0.29, 0.717) is 5.56 Å². The lowest BCUT2D eigenvalue weighted by atomic mass is 9.98. The second kappa shape index (κ2) is 7.03. The number of hydrogen-bond donors (Lipinski definition) is 0. The molecule has 0 N–H and O–H groups in total. The number of rotatable bonds is 5. The highest BCUT2D eigenvalue weighted by Gasteiger charge is 2.42. The van der Waals surface area contributed by atoms with Crippen LogP contribution in [0.3, 0.4) is 0 Å². The third-order valence-electron chi connectivity index (χ3n) is 3.53. The van der Waals surface area contributed by atoms with E-state index in [4.69, 9.17) is 4.74 Å². The van der Waals surface area contributed by atoms with Crippen molar-refractivity contribution in [2.45, 2.75) is 19.9 Å². The Morgan fingerprint density at radius 2 is 2.04 bits per heavy atom. The molecule has 1 fully saturated rings. The van der Waals surface area contributed by atoms with Crippen molar-refractivity contribution in [3.05, 3.63) is 53.5 Å². The van der Waals surface area contributed by atoms with Crippen LogP contribution < -0.4 is 0 Å². The molecule has 1 aliphatic rings. The summed E-state index contributed by atoms with van der Waals surface area (Å²) in [5.41, 5.74) is 3.00. The molecule has 0 spiro atoms. The Morgan fingerprint density at radius 1 is 1.39 bits per heavy atom. The first-order valence-electron chi connectivity index (χ1n) is 7.13. The average Bonchev–Trinajstić information content (AvgIpc) is 2.79. The lowest BCUT2D eigenvalue weighted by Gasteiger charge is -2.15. The number of ether oxygens (including phenoxy) is 1. The molecule has 1 heterocycles. The summed E-state index contributed by atoms with van der Waals surface area (Å²) < 4.78 is 17.8. The molecule has 0 unspecified atom stereocenters. The molecule has 2 amide bonds. The fourth-order valence-corrected chi connectivity index (χ4v) is 2.39. The van der Waals surface area contributed by atoms with Gasteiger partial charge < -0.3 is 4.74 Å². The van der Waals surface area contributed by atoms with Crippen LogP contribution in [0, 0.1) is 11.7 Å². The van der Waals surface area contributed by atoms with Crippen LogP contribution in [-0.2, 0) is 25.7 Å². The third kappa shape index (κ3) is 3.55. The van der Waals surface area contributed by atoms with Gasteiger partial charge in [0.25, 0.3) is 0 Å². The summed E-state index contributed by atoms with van der Waals surface area (Å²) in [7, 11) is 0. The van der Waals surface area contributed by atoms with Gasteiger partial charge in [-0.05, 0) is 24.6 Å². The van der Waals surface area contributed by atoms with Crippen molar-refractivity contribution >= 4 is 17.8 Å². The monoisotopic (exact) mass is 317 g/mol. The molecule has 5 nitrogen and oxygen atoms in total. The number of amides is 2. The van der Waals surface area contributed by atoms with E-state index in [1.165, 1.54) is 24.3 Å². The second-order valence-corrected chi connectivity index (χ2v) is 5.01. The van der Waals surface area contributed by atoms with Crippen molar-refractivity contribution < 1.29 is 23.5 Å². The van der Waals surface area contributed by atoms with Crippen molar-refractivity contribution in [2.75, 3.05) is 6.61 Å². The molecule has 2 rings (SSSR count). The van der Waals surface area contributed by atoms with Gasteiger partial charge in [-0.3, -0.25) is 14.5 Å². The predicted octanol–water partition coefficient (Wildman–Crippen LogP) is 1.98. The SMILES string of the molecule is C=C=C(C(=O)OCC)[C@H]1CC(=O)N(Cc2ccc(F)cc2)C1=O. The van der Waals surface area contributed by atoms with Gasteiger partial charge in [0.2, 0.25) is 11.8 Å². The van der Waals surface area contributed by atoms with Gasteiger partial charge in [0.15, 0.2) is 0 Å². The van der Waals surface area contributed by atoms with E-state index >= 15 is 0 Å². The van der Waals surface area contributed by atoms with E-state index in [-0.39, 0.29) is 25.1 Å². The smallest absolute Gasteiger partial charge is 0.342 e. The van der Waals surface area contributed by atoms with Gasteiger partial charge in [-0.25, -0.2) is 9.18 Å². The molecule has 6 heteroatoms. The molecule has 0 aliphatic carbocycles. The van der Waals surface area contributed by atoms with Crippen molar-refractivity contribution in [3.8, 4) is 0 Å². The van der Waals surface area contributed by atoms with Crippen molar-refractivity contribution in [3.63, 3.8) is 0 Å². The lowest BCUT2D eigenvalue weighted by Crippen LogP contribution is -2.31. The molecule has 1 aromatic carbocycles. The topological polar surface area (TPSA) is 63.7 Å². The molecule has 0 radical (unpaired) electrons. The van der Waals surface area contributed by atoms with Crippen LogP contribution >= 0.6 is 0 Å². The summed E-state index contributed by atoms with van der Waals surface area (Å²) in [6, 6.07) is 5.51. The largest absolute Gasteiger partial charge is 0.462 e. The van der Waals surface area contributed by atoms with Gasteiger partial charge in [0, 0.05) is 6.42 Å². The maximum atomic E-state index is 12.9. The zero-order valence-electron chi connectivity index (χ0n) is 12.7. The first kappa shape index (κ1) is 16.6. The second-order valence-electron chi connectivity index (χ2n) is 5.01. The number of likely N-dealkylation sites (tertiary alicyclic amines) is 1. The maximum Gasteiger partial charge on any atom is 0.342 e. The molecule has 0 saturated carbocycles. The Hall–Kier alpha value is -2.72. The minimum Gasteiger partial charge on any atom is -0.462 e. The summed E-state index contributed by atoms with van der Waals surface area (Å²) >= 11 is 0. The average molecular weight is 317 g/mol. The quantitative estimate of drug-likeness (QED) is 0.360. The van der Waals surface area contributed by atoms with E-state index in [0.717, 1.165) is 4.90 Å². The zero-order valence-corrected chi connectivity index (χ0v) is 12.7. The molecule has 23 heavy (non-hydrogen) atoms. The highest BCUT2D eigenvalue weighted by Crippen LogP contribution is 2.28. The third-order valence-corrected chi connectivity index (χ3v) is 3.53. The van der Waals surface area contributed by atoms with E-state index in [9.17, 15) is 18.8 Å². The van der Waals surface area contributed by atoms with Crippen molar-refractivity contribution in [1.29, 1.82) is 0 Å². The van der Waals surface area contributed by atoms with Crippen LogP contribution in [0.4, 0.5) is 4.39 Å². The van der Waals surface area contributed by atoms with E-state index < -0.39 is 29.5 Å². The molecule has 1 aliphatic heterocycles. The lowest BCUT2D eigenvalue weighted by molar-refractivity contribution is -0.143. The highest BCUT2D eigenvalue weighted by molar-refractivity contribution is 6.09. The summed E-state index contributed by atoms with van der Waals surface area (Å²) in [6.07, 6.45) is -0.128. The Morgan fingerprint density at radius 3 is 2.61 bits per heavy atom. The van der Waals surface area contributed by atoms with E-state index in [1.54, 1.807) is 6.92 Å². The number of carbonyl (C=O) groups excluding carboxylic acids is 3. The van der Waals surface area contributed by atoms with Crippen LogP contribution in [0.25, 0.3) is 0 Å². The summed E-state index contributed by atoms with van der Waals surface area (Å²) in [4.78, 5) is 37.4. The van der Waals surface area contributed by atoms with Crippen molar-refractivity contribution in [1.82, 2.24) is 4.90 Å². The van der Waals surface area contributed by atoms with Gasteiger partial charge in [0.05, 0.1) is 24.6 Å². The first-order valence-corrected chi connectivity index (χ1v) is 7.13. The zero-order chi connectivity index (χ0) is 17.0.